The van der Waals surface area contributed by atoms with Crippen LogP contribution in [0.25, 0.3) is 0 Å². The zero-order valence-corrected chi connectivity index (χ0v) is 31.3. The molecule has 1 atom stereocenters. The molecule has 0 unspecified atom stereocenters. The van der Waals surface area contributed by atoms with Crippen LogP contribution >= 0.6 is 7.82 Å². The van der Waals surface area contributed by atoms with Crippen molar-refractivity contribution in [1.29, 1.82) is 0 Å². The van der Waals surface area contributed by atoms with Crippen molar-refractivity contribution >= 4 is 19.8 Å². The molecular weight excluding hydrogens is 627 g/mol. The van der Waals surface area contributed by atoms with E-state index in [0.717, 1.165) is 57.8 Å². The van der Waals surface area contributed by atoms with Crippen molar-refractivity contribution in [2.45, 2.75) is 174 Å². The fourth-order valence-electron chi connectivity index (χ4n) is 5.07. The number of phosphoric ester groups is 1. The smallest absolute Gasteiger partial charge is 0.462 e. The zero-order chi connectivity index (χ0) is 35.4. The van der Waals surface area contributed by atoms with Crippen LogP contribution in [0.4, 0.5) is 0 Å². The molecule has 48 heavy (non-hydrogen) atoms. The highest BCUT2D eigenvalue weighted by Gasteiger charge is 2.22. The number of allylic oxidation sites excluding steroid dienone is 8. The molecule has 0 aliphatic heterocycles. The first-order chi connectivity index (χ1) is 23.3. The maximum absolute atomic E-state index is 12.3. The van der Waals surface area contributed by atoms with Gasteiger partial charge in [-0.15, -0.1) is 0 Å². The number of ether oxygens (including phenoxy) is 2. The van der Waals surface area contributed by atoms with Crippen LogP contribution in [0.15, 0.2) is 48.6 Å². The quantitative estimate of drug-likeness (QED) is 0.0295. The number of carbonyl (C=O) groups is 2. The van der Waals surface area contributed by atoms with Crippen LogP contribution in [0.3, 0.4) is 0 Å². The molecule has 0 saturated carbocycles. The predicted molar refractivity (Wildman–Crippen MR) is 198 cm³/mol. The van der Waals surface area contributed by atoms with Crippen molar-refractivity contribution in [3.63, 3.8) is 0 Å². The lowest BCUT2D eigenvalue weighted by atomic mass is 10.0. The molecule has 0 aromatic heterocycles. The molecule has 0 rings (SSSR count). The summed E-state index contributed by atoms with van der Waals surface area (Å²) in [6.45, 7) is 3.53. The highest BCUT2D eigenvalue weighted by Crippen LogP contribution is 2.36. The molecule has 0 aromatic carbocycles. The molecule has 0 bridgehead atoms. The number of carbonyl (C=O) groups excluding carboxylic acids is 2. The number of hydrogen-bond donors (Lipinski definition) is 2. The van der Waals surface area contributed by atoms with Gasteiger partial charge in [0.1, 0.15) is 6.61 Å². The van der Waals surface area contributed by atoms with E-state index in [1.165, 1.54) is 77.0 Å². The Labute approximate surface area is 293 Å². The Morgan fingerprint density at radius 3 is 1.50 bits per heavy atom. The molecule has 9 heteroatoms. The minimum atomic E-state index is -4.76. The molecule has 0 aliphatic rings. The van der Waals surface area contributed by atoms with Gasteiger partial charge in [0.2, 0.25) is 0 Å². The molecule has 2 N–H and O–H groups in total. The molecule has 0 saturated heterocycles. The van der Waals surface area contributed by atoms with Crippen LogP contribution in [0, 0.1) is 0 Å². The van der Waals surface area contributed by atoms with Crippen molar-refractivity contribution in [1.82, 2.24) is 0 Å². The third kappa shape index (κ3) is 36.8. The van der Waals surface area contributed by atoms with Crippen LogP contribution in [0.2, 0.25) is 0 Å². The second kappa shape index (κ2) is 34.9. The van der Waals surface area contributed by atoms with Crippen LogP contribution in [-0.2, 0) is 28.2 Å². The van der Waals surface area contributed by atoms with Gasteiger partial charge in [0.15, 0.2) is 6.10 Å². The molecule has 0 aromatic rings. The molecule has 0 fully saturated rings. The average Bonchev–Trinajstić information content (AvgIpc) is 3.05. The first kappa shape index (κ1) is 46.0. The monoisotopic (exact) mass is 696 g/mol. The third-order valence-electron chi connectivity index (χ3n) is 7.86. The molecule has 0 heterocycles. The minimum Gasteiger partial charge on any atom is -0.462 e. The van der Waals surface area contributed by atoms with E-state index in [4.69, 9.17) is 19.3 Å². The summed E-state index contributed by atoms with van der Waals surface area (Å²) in [7, 11) is -4.76. The number of rotatable bonds is 34. The summed E-state index contributed by atoms with van der Waals surface area (Å²) < 4.78 is 26.3. The van der Waals surface area contributed by atoms with E-state index in [-0.39, 0.29) is 19.4 Å². The van der Waals surface area contributed by atoms with E-state index in [1.54, 1.807) is 0 Å². The second-order valence-electron chi connectivity index (χ2n) is 12.5. The van der Waals surface area contributed by atoms with Crippen molar-refractivity contribution in [2.24, 2.45) is 0 Å². The van der Waals surface area contributed by atoms with Crippen LogP contribution in [0.5, 0.6) is 0 Å². The number of unbranched alkanes of at least 4 members (excludes halogenated alkanes) is 16. The van der Waals surface area contributed by atoms with Crippen molar-refractivity contribution < 1.29 is 37.9 Å². The molecule has 278 valence electrons. The first-order valence-electron chi connectivity index (χ1n) is 18.9. The van der Waals surface area contributed by atoms with Gasteiger partial charge in [-0.3, -0.25) is 14.1 Å². The van der Waals surface area contributed by atoms with Gasteiger partial charge in [-0.1, -0.05) is 152 Å². The van der Waals surface area contributed by atoms with E-state index in [1.807, 2.05) is 0 Å². The first-order valence-corrected chi connectivity index (χ1v) is 20.5. The largest absolute Gasteiger partial charge is 0.469 e. The fraction of sp³-hybridized carbons (Fsp3) is 0.744. The molecule has 8 nitrogen and oxygen atoms in total. The van der Waals surface area contributed by atoms with E-state index in [0.29, 0.717) is 6.42 Å². The van der Waals surface area contributed by atoms with Gasteiger partial charge in [0.05, 0.1) is 6.61 Å². The van der Waals surface area contributed by atoms with Gasteiger partial charge in [0.25, 0.3) is 0 Å². The van der Waals surface area contributed by atoms with Gasteiger partial charge in [-0.2, -0.15) is 0 Å². The Bertz CT molecular complexity index is 921. The molecule has 0 spiro atoms. The normalized spacial score (nSPS) is 13.0. The Hall–Kier alpha value is -1.99. The maximum Gasteiger partial charge on any atom is 0.469 e. The van der Waals surface area contributed by atoms with E-state index in [2.05, 4.69) is 67.0 Å². The molecular formula is C39H69O8P. The zero-order valence-electron chi connectivity index (χ0n) is 30.4. The van der Waals surface area contributed by atoms with Gasteiger partial charge in [-0.25, -0.2) is 4.57 Å². The lowest BCUT2D eigenvalue weighted by molar-refractivity contribution is -0.161. The summed E-state index contributed by atoms with van der Waals surface area (Å²) in [6.07, 6.45) is 41.2. The van der Waals surface area contributed by atoms with Gasteiger partial charge < -0.3 is 19.3 Å². The SMILES string of the molecule is CC/C=C/C/C=C/C/C=C/C/C=C/CCCCC(=O)O[C@H](COC(=O)CCCCCCCCCCCCCCCCC)COP(=O)(O)O. The number of phosphoric acid groups is 1. The van der Waals surface area contributed by atoms with Gasteiger partial charge >= 0.3 is 19.8 Å². The van der Waals surface area contributed by atoms with Gasteiger partial charge in [-0.05, 0) is 51.4 Å². The van der Waals surface area contributed by atoms with Crippen LogP contribution < -0.4 is 0 Å². The van der Waals surface area contributed by atoms with Crippen molar-refractivity contribution in [3.05, 3.63) is 48.6 Å². The lowest BCUT2D eigenvalue weighted by Crippen LogP contribution is -2.29. The summed E-state index contributed by atoms with van der Waals surface area (Å²) in [5, 5.41) is 0. The summed E-state index contributed by atoms with van der Waals surface area (Å²) in [4.78, 5) is 42.7. The number of esters is 2. The number of hydrogen-bond acceptors (Lipinski definition) is 6. The second-order valence-corrected chi connectivity index (χ2v) is 13.8. The van der Waals surface area contributed by atoms with E-state index >= 15 is 0 Å². The highest BCUT2D eigenvalue weighted by molar-refractivity contribution is 7.46. The standard InChI is InChI=1S/C39H69O8P/c1-3-5-7-9-11-13-15-17-19-21-23-25-27-29-31-33-38(40)45-35-37(36-46-48(42,43)44)47-39(41)34-32-30-28-26-24-22-20-18-16-14-12-10-8-6-4-2/h6,8,12,14,18,20,24,26,37H,3-5,7,9-11,13,15-17,19,21-23,25,27-36H2,1-2H3,(H2,42,43,44)/b8-6+,14-12+,20-18+,26-24+/t37-/m1/s1. The lowest BCUT2D eigenvalue weighted by Gasteiger charge is -2.18. The summed E-state index contributed by atoms with van der Waals surface area (Å²) in [5.74, 6) is -0.933. The Morgan fingerprint density at radius 2 is 1.00 bits per heavy atom. The topological polar surface area (TPSA) is 119 Å². The van der Waals surface area contributed by atoms with Crippen LogP contribution in [0.1, 0.15) is 168 Å². The van der Waals surface area contributed by atoms with Crippen molar-refractivity contribution in [2.75, 3.05) is 13.2 Å². The third-order valence-corrected chi connectivity index (χ3v) is 8.35. The minimum absolute atomic E-state index is 0.160. The summed E-state index contributed by atoms with van der Waals surface area (Å²) in [6, 6.07) is 0. The van der Waals surface area contributed by atoms with Crippen LogP contribution in [-0.4, -0.2) is 41.0 Å². The fourth-order valence-corrected chi connectivity index (χ4v) is 5.43. The molecule has 0 radical (unpaired) electrons. The Morgan fingerprint density at radius 1 is 0.562 bits per heavy atom. The highest BCUT2D eigenvalue weighted by atomic mass is 31.2. The maximum atomic E-state index is 12.3. The van der Waals surface area contributed by atoms with E-state index in [9.17, 15) is 14.2 Å². The van der Waals surface area contributed by atoms with Gasteiger partial charge in [0, 0.05) is 12.8 Å². The van der Waals surface area contributed by atoms with Crippen molar-refractivity contribution in [3.8, 4) is 0 Å². The molecule has 0 amide bonds. The summed E-state index contributed by atoms with van der Waals surface area (Å²) >= 11 is 0. The predicted octanol–water partition coefficient (Wildman–Crippen LogP) is 11.2. The van der Waals surface area contributed by atoms with E-state index < -0.39 is 32.5 Å². The Kier molecular flexibility index (Phi) is 33.4. The summed E-state index contributed by atoms with van der Waals surface area (Å²) in [5.41, 5.74) is 0. The Balaban J connectivity index is 4.03. The average molecular weight is 697 g/mol. The molecule has 0 aliphatic carbocycles.